The van der Waals surface area contributed by atoms with Crippen molar-refractivity contribution in [2.45, 2.75) is 27.4 Å². The van der Waals surface area contributed by atoms with E-state index in [-0.39, 0.29) is 34.8 Å². The highest BCUT2D eigenvalue weighted by Gasteiger charge is 2.14. The summed E-state index contributed by atoms with van der Waals surface area (Å²) in [5.41, 5.74) is 1.17. The van der Waals surface area contributed by atoms with Crippen molar-refractivity contribution >= 4 is 34.8 Å². The molecule has 7 heteroatoms. The lowest BCUT2D eigenvalue weighted by molar-refractivity contribution is -0.115. The maximum Gasteiger partial charge on any atom is 0.221 e. The first kappa shape index (κ1) is 15.6. The van der Waals surface area contributed by atoms with Crippen LogP contribution in [0, 0.1) is 0 Å². The monoisotopic (exact) mass is 278 g/mol. The molecule has 0 heterocycles. The van der Waals surface area contributed by atoms with Gasteiger partial charge in [0.15, 0.2) is 0 Å². The number of rotatable bonds is 4. The van der Waals surface area contributed by atoms with Gasteiger partial charge in [-0.05, 0) is 17.7 Å². The molecule has 0 aromatic heterocycles. The summed E-state index contributed by atoms with van der Waals surface area (Å²) >= 11 is 0. The predicted octanol–water partition coefficient (Wildman–Crippen LogP) is 1.49. The molecule has 7 nitrogen and oxygen atoms in total. The Morgan fingerprint density at radius 1 is 0.850 bits per heavy atom. The fraction of sp³-hybridized carbons (Fsp3) is 0.308. The largest absolute Gasteiger partial charge is 0.324 e. The van der Waals surface area contributed by atoms with E-state index >= 15 is 0 Å². The molecule has 1 radical (unpaired) electrons. The molecule has 0 spiro atoms. The summed E-state index contributed by atoms with van der Waals surface area (Å²) in [6.45, 7) is 3.40. The topological polar surface area (TPSA) is 107 Å². The lowest BCUT2D eigenvalue weighted by Gasteiger charge is -2.17. The van der Waals surface area contributed by atoms with Crippen molar-refractivity contribution in [1.82, 2.24) is 0 Å². The zero-order valence-electron chi connectivity index (χ0n) is 11.5. The second-order valence-electron chi connectivity index (χ2n) is 4.25. The number of amides is 3. The first-order valence-corrected chi connectivity index (χ1v) is 5.91. The van der Waals surface area contributed by atoms with Crippen molar-refractivity contribution < 1.29 is 19.5 Å². The van der Waals surface area contributed by atoms with Gasteiger partial charge in [0.25, 0.3) is 0 Å². The zero-order valence-corrected chi connectivity index (χ0v) is 11.5. The van der Waals surface area contributed by atoms with Crippen LogP contribution in [0.3, 0.4) is 0 Å². The number of carbonyl (C=O) groups is 3. The highest BCUT2D eigenvalue weighted by atomic mass is 16.3. The van der Waals surface area contributed by atoms with E-state index < -0.39 is 6.61 Å². The zero-order chi connectivity index (χ0) is 15.3. The number of carbonyl (C=O) groups excluding carboxylic acids is 3. The van der Waals surface area contributed by atoms with Gasteiger partial charge in [0.1, 0.15) is 6.61 Å². The molecule has 107 valence electrons. The highest BCUT2D eigenvalue weighted by molar-refractivity contribution is 6.05. The van der Waals surface area contributed by atoms with Crippen molar-refractivity contribution in [2.75, 3.05) is 16.0 Å². The van der Waals surface area contributed by atoms with Crippen molar-refractivity contribution in [2.24, 2.45) is 0 Å². The molecule has 0 aliphatic rings. The summed E-state index contributed by atoms with van der Waals surface area (Å²) in [5.74, 6) is -1.07. The summed E-state index contributed by atoms with van der Waals surface area (Å²) in [6, 6.07) is 2.93. The minimum atomic E-state index is -0.514. The quantitative estimate of drug-likeness (QED) is 0.776. The van der Waals surface area contributed by atoms with Gasteiger partial charge in [-0.1, -0.05) is 0 Å². The van der Waals surface area contributed by atoms with Gasteiger partial charge in [0, 0.05) is 20.8 Å². The summed E-state index contributed by atoms with van der Waals surface area (Å²) < 4.78 is 0. The Labute approximate surface area is 116 Å². The third-order valence-corrected chi connectivity index (χ3v) is 2.29. The Kier molecular flexibility index (Phi) is 5.22. The van der Waals surface area contributed by atoms with E-state index in [1.165, 1.54) is 32.9 Å². The van der Waals surface area contributed by atoms with Crippen LogP contribution < -0.4 is 16.0 Å². The maximum absolute atomic E-state index is 11.2. The number of benzene rings is 1. The van der Waals surface area contributed by atoms with Crippen LogP contribution in [-0.2, 0) is 26.1 Å². The molecule has 1 rings (SSSR count). The van der Waals surface area contributed by atoms with Gasteiger partial charge in [-0.15, -0.1) is 0 Å². The molecule has 3 N–H and O–H groups in total. The van der Waals surface area contributed by atoms with Crippen LogP contribution in [0.5, 0.6) is 0 Å². The molecule has 0 fully saturated rings. The fourth-order valence-electron chi connectivity index (χ4n) is 1.67. The smallest absolute Gasteiger partial charge is 0.221 e. The highest BCUT2D eigenvalue weighted by Crippen LogP contribution is 2.33. The van der Waals surface area contributed by atoms with Crippen molar-refractivity contribution in [3.63, 3.8) is 0 Å². The van der Waals surface area contributed by atoms with E-state index in [2.05, 4.69) is 16.0 Å². The van der Waals surface area contributed by atoms with E-state index in [1.807, 2.05) is 0 Å². The van der Waals surface area contributed by atoms with Crippen molar-refractivity contribution in [3.8, 4) is 0 Å². The Bertz CT molecular complexity index is 518. The SMILES string of the molecule is CC(=O)Nc1cc(C[O])cc(NC(C)=O)c1NC(C)=O. The lowest BCUT2D eigenvalue weighted by Crippen LogP contribution is -2.16. The molecule has 0 saturated carbocycles. The minimum Gasteiger partial charge on any atom is -0.324 e. The van der Waals surface area contributed by atoms with Crippen LogP contribution in [0.1, 0.15) is 26.3 Å². The predicted molar refractivity (Wildman–Crippen MR) is 73.7 cm³/mol. The van der Waals surface area contributed by atoms with Gasteiger partial charge in [-0.25, -0.2) is 5.11 Å². The van der Waals surface area contributed by atoms with Gasteiger partial charge in [0.2, 0.25) is 17.7 Å². The maximum atomic E-state index is 11.2. The second kappa shape index (κ2) is 6.67. The van der Waals surface area contributed by atoms with Gasteiger partial charge in [0.05, 0.1) is 17.1 Å². The molecule has 0 bridgehead atoms. The van der Waals surface area contributed by atoms with Crippen molar-refractivity contribution in [1.29, 1.82) is 0 Å². The molecule has 3 amide bonds. The average Bonchev–Trinajstić information content (AvgIpc) is 2.30. The lowest BCUT2D eigenvalue weighted by atomic mass is 10.1. The molecule has 1 aromatic carbocycles. The van der Waals surface area contributed by atoms with Gasteiger partial charge < -0.3 is 16.0 Å². The van der Waals surface area contributed by atoms with Crippen LogP contribution in [0.4, 0.5) is 17.1 Å². The van der Waals surface area contributed by atoms with E-state index in [1.54, 1.807) is 0 Å². The molecule has 1 aromatic rings. The third-order valence-electron chi connectivity index (χ3n) is 2.29. The molecule has 0 unspecified atom stereocenters. The fourth-order valence-corrected chi connectivity index (χ4v) is 1.67. The molecule has 0 saturated heterocycles. The van der Waals surface area contributed by atoms with Crippen LogP contribution in [0.15, 0.2) is 12.1 Å². The first-order chi connectivity index (χ1) is 9.33. The standard InChI is InChI=1S/C13H16N3O4/c1-7(18)14-11-4-10(6-17)5-12(15-8(2)19)13(11)16-9(3)20/h4-5H,6H2,1-3H3,(H,14,18)(H,15,19)(H,16,20). The van der Waals surface area contributed by atoms with E-state index in [0.717, 1.165) is 0 Å². The molecular formula is C13H16N3O4. The number of hydrogen-bond acceptors (Lipinski definition) is 3. The molecule has 0 aliphatic heterocycles. The molecular weight excluding hydrogens is 262 g/mol. The van der Waals surface area contributed by atoms with Crippen LogP contribution in [-0.4, -0.2) is 17.7 Å². The van der Waals surface area contributed by atoms with E-state index in [0.29, 0.717) is 5.56 Å². The van der Waals surface area contributed by atoms with Crippen LogP contribution >= 0.6 is 0 Å². The normalized spacial score (nSPS) is 9.80. The Morgan fingerprint density at radius 3 is 1.55 bits per heavy atom. The second-order valence-corrected chi connectivity index (χ2v) is 4.25. The van der Waals surface area contributed by atoms with Gasteiger partial charge >= 0.3 is 0 Å². The minimum absolute atomic E-state index is 0.250. The molecule has 20 heavy (non-hydrogen) atoms. The molecule has 0 aliphatic carbocycles. The number of anilines is 3. The number of hydrogen-bond donors (Lipinski definition) is 3. The Morgan fingerprint density at radius 2 is 1.25 bits per heavy atom. The van der Waals surface area contributed by atoms with Gasteiger partial charge in [-0.3, -0.25) is 14.4 Å². The first-order valence-electron chi connectivity index (χ1n) is 5.91. The summed E-state index contributed by atoms with van der Waals surface area (Å²) in [6.07, 6.45) is 0. The Hall–Kier alpha value is -2.41. The van der Waals surface area contributed by atoms with Crippen LogP contribution in [0.25, 0.3) is 0 Å². The van der Waals surface area contributed by atoms with Gasteiger partial charge in [-0.2, -0.15) is 0 Å². The Balaban J connectivity index is 3.39. The van der Waals surface area contributed by atoms with Crippen LogP contribution in [0.2, 0.25) is 0 Å². The third kappa shape index (κ3) is 4.36. The van der Waals surface area contributed by atoms with E-state index in [9.17, 15) is 19.5 Å². The van der Waals surface area contributed by atoms with Crippen molar-refractivity contribution in [3.05, 3.63) is 17.7 Å². The average molecular weight is 278 g/mol. The number of nitrogens with one attached hydrogen (secondary N) is 3. The molecule has 0 atom stereocenters. The summed E-state index contributed by atoms with van der Waals surface area (Å²) in [5, 5.41) is 18.6. The van der Waals surface area contributed by atoms with E-state index in [4.69, 9.17) is 0 Å². The summed E-state index contributed by atoms with van der Waals surface area (Å²) in [7, 11) is 0. The summed E-state index contributed by atoms with van der Waals surface area (Å²) in [4.78, 5) is 33.6.